The Morgan fingerprint density at radius 1 is 0.895 bits per heavy atom. The molecular weight excluding hydrogens is 474 g/mol. The molecule has 1 atom stereocenters. The van der Waals surface area contributed by atoms with Crippen LogP contribution in [0.1, 0.15) is 40.3 Å². The van der Waals surface area contributed by atoms with Crippen molar-refractivity contribution in [3.63, 3.8) is 0 Å². The second-order valence-corrected chi connectivity index (χ2v) is 9.91. The van der Waals surface area contributed by atoms with Crippen molar-refractivity contribution in [2.75, 3.05) is 4.90 Å². The molecule has 1 saturated heterocycles. The number of nitriles is 1. The van der Waals surface area contributed by atoms with E-state index < -0.39 is 17.2 Å². The molecule has 0 aliphatic carbocycles. The van der Waals surface area contributed by atoms with E-state index in [9.17, 15) is 20.0 Å². The van der Waals surface area contributed by atoms with Crippen molar-refractivity contribution in [1.82, 2.24) is 0 Å². The first kappa shape index (κ1) is 24.9. The first-order chi connectivity index (χ1) is 18.1. The van der Waals surface area contributed by atoms with Gasteiger partial charge in [-0.2, -0.15) is 5.26 Å². The summed E-state index contributed by atoms with van der Waals surface area (Å²) in [7, 11) is 0. The zero-order valence-corrected chi connectivity index (χ0v) is 22.0. The summed E-state index contributed by atoms with van der Waals surface area (Å²) in [6, 6.07) is 22.4. The highest BCUT2D eigenvalue weighted by Gasteiger charge is 2.65. The van der Waals surface area contributed by atoms with Crippen molar-refractivity contribution in [3.05, 3.63) is 117 Å². The quantitative estimate of drug-likeness (QED) is 0.277. The molecule has 6 heteroatoms. The van der Waals surface area contributed by atoms with Crippen molar-refractivity contribution in [1.29, 1.82) is 5.26 Å². The summed E-state index contributed by atoms with van der Waals surface area (Å²) >= 11 is 0. The Morgan fingerprint density at radius 2 is 1.53 bits per heavy atom. The van der Waals surface area contributed by atoms with E-state index in [1.165, 1.54) is 4.90 Å². The second-order valence-electron chi connectivity index (χ2n) is 9.91. The topological polar surface area (TPSA) is 93.8 Å². The number of aliphatic hydroxyl groups is 1. The highest BCUT2D eigenvalue weighted by molar-refractivity contribution is 6.56. The Kier molecular flexibility index (Phi) is 5.88. The zero-order chi connectivity index (χ0) is 27.4. The molecule has 1 fully saturated rings. The first-order valence-corrected chi connectivity index (χ1v) is 12.4. The number of rotatable bonds is 3. The van der Waals surface area contributed by atoms with Crippen LogP contribution in [0.25, 0.3) is 5.76 Å². The van der Waals surface area contributed by atoms with E-state index in [1.54, 1.807) is 37.3 Å². The predicted molar refractivity (Wildman–Crippen MR) is 148 cm³/mol. The van der Waals surface area contributed by atoms with Gasteiger partial charge in [0.1, 0.15) is 5.76 Å². The number of para-hydroxylation sites is 1. The molecule has 0 radical (unpaired) electrons. The molecular formula is C32H27N3O3. The molecule has 2 aliphatic rings. The maximum atomic E-state index is 14.0. The van der Waals surface area contributed by atoms with E-state index in [4.69, 9.17) is 4.99 Å². The number of amides is 1. The van der Waals surface area contributed by atoms with E-state index in [0.717, 1.165) is 22.3 Å². The number of aliphatic imine (C=N–C) groups is 1. The lowest BCUT2D eigenvalue weighted by molar-refractivity contribution is -0.132. The number of anilines is 1. The van der Waals surface area contributed by atoms with Gasteiger partial charge in [0, 0.05) is 16.8 Å². The fourth-order valence-corrected chi connectivity index (χ4v) is 5.48. The van der Waals surface area contributed by atoms with Crippen LogP contribution in [0.2, 0.25) is 0 Å². The number of carbonyl (C=O) groups is 2. The van der Waals surface area contributed by atoms with Gasteiger partial charge < -0.3 is 5.11 Å². The number of hydrogen-bond donors (Lipinski definition) is 1. The molecule has 0 bridgehead atoms. The van der Waals surface area contributed by atoms with Gasteiger partial charge in [0.15, 0.2) is 5.54 Å². The van der Waals surface area contributed by atoms with Gasteiger partial charge in [-0.05, 0) is 70.0 Å². The van der Waals surface area contributed by atoms with Crippen LogP contribution in [-0.2, 0) is 9.59 Å². The average molecular weight is 502 g/mol. The molecule has 0 saturated carbocycles. The molecule has 5 rings (SSSR count). The minimum absolute atomic E-state index is 0.128. The smallest absolute Gasteiger partial charge is 0.300 e. The lowest BCUT2D eigenvalue weighted by Gasteiger charge is -2.37. The molecule has 6 nitrogen and oxygen atoms in total. The van der Waals surface area contributed by atoms with Crippen molar-refractivity contribution in [2.45, 2.75) is 40.2 Å². The summed E-state index contributed by atoms with van der Waals surface area (Å²) in [5.41, 5.74) is 3.97. The SMILES string of the molecule is CC1=C(C#N)C2(C(c3cc(C)ccc3C)=N1)/C(=C(\O)c1cc(C)ccc1C)C(=O)C(=O)N2c1ccccc1. The monoisotopic (exact) mass is 501 g/mol. The molecule has 38 heavy (non-hydrogen) atoms. The first-order valence-electron chi connectivity index (χ1n) is 12.4. The molecule has 3 aromatic carbocycles. The number of benzene rings is 3. The standard InChI is InChI=1S/C32H27N3O3/c1-18-11-13-20(3)24(15-18)28(36)27-29(37)31(38)35(23-9-7-6-8-10-23)32(27)26(17-33)22(5)34-30(32)25-16-19(2)12-14-21(25)4/h6-16,36H,1-5H3/b28-27-. The summed E-state index contributed by atoms with van der Waals surface area (Å²) in [5.74, 6) is -2.03. The minimum Gasteiger partial charge on any atom is -0.507 e. The summed E-state index contributed by atoms with van der Waals surface area (Å²) < 4.78 is 0. The van der Waals surface area contributed by atoms with E-state index in [2.05, 4.69) is 6.07 Å². The molecule has 2 heterocycles. The van der Waals surface area contributed by atoms with Crippen LogP contribution < -0.4 is 4.90 Å². The van der Waals surface area contributed by atoms with Crippen LogP contribution >= 0.6 is 0 Å². The molecule has 1 unspecified atom stereocenters. The highest BCUT2D eigenvalue weighted by atomic mass is 16.3. The van der Waals surface area contributed by atoms with Crippen LogP contribution in [0, 0.1) is 39.0 Å². The maximum absolute atomic E-state index is 14.0. The van der Waals surface area contributed by atoms with E-state index in [0.29, 0.717) is 28.2 Å². The fraction of sp³-hybridized carbons (Fsp3) is 0.188. The normalized spacial score (nSPS) is 20.3. The van der Waals surface area contributed by atoms with E-state index >= 15 is 0 Å². The Bertz CT molecular complexity index is 1670. The number of carbonyl (C=O) groups excluding carboxylic acids is 2. The van der Waals surface area contributed by atoms with Gasteiger partial charge in [-0.15, -0.1) is 0 Å². The van der Waals surface area contributed by atoms with E-state index in [-0.39, 0.29) is 16.9 Å². The van der Waals surface area contributed by atoms with Crippen LogP contribution in [0.3, 0.4) is 0 Å². The number of aryl methyl sites for hydroxylation is 4. The molecule has 1 spiro atoms. The number of allylic oxidation sites excluding steroid dienone is 1. The zero-order valence-electron chi connectivity index (χ0n) is 22.0. The number of aliphatic hydroxyl groups excluding tert-OH is 1. The Labute approximate surface area is 221 Å². The van der Waals surface area contributed by atoms with Gasteiger partial charge in [0.2, 0.25) is 0 Å². The van der Waals surface area contributed by atoms with Crippen LogP contribution in [0.15, 0.2) is 88.6 Å². The Balaban J connectivity index is 1.98. The second kappa shape index (κ2) is 8.97. The highest BCUT2D eigenvalue weighted by Crippen LogP contribution is 2.51. The Morgan fingerprint density at radius 3 is 2.18 bits per heavy atom. The van der Waals surface area contributed by atoms with Gasteiger partial charge in [-0.1, -0.05) is 53.6 Å². The number of nitrogens with zero attached hydrogens (tertiary/aromatic N) is 3. The third-order valence-corrected chi connectivity index (χ3v) is 7.33. The lowest BCUT2D eigenvalue weighted by atomic mass is 9.74. The molecule has 0 aromatic heterocycles. The van der Waals surface area contributed by atoms with Gasteiger partial charge in [-0.25, -0.2) is 0 Å². The summed E-state index contributed by atoms with van der Waals surface area (Å²) in [5, 5.41) is 22.4. The van der Waals surface area contributed by atoms with Crippen molar-refractivity contribution in [3.8, 4) is 6.07 Å². The van der Waals surface area contributed by atoms with Gasteiger partial charge in [0.05, 0.1) is 28.6 Å². The van der Waals surface area contributed by atoms with Gasteiger partial charge in [0.25, 0.3) is 5.78 Å². The molecule has 1 N–H and O–H groups in total. The Hall–Kier alpha value is -4.76. The maximum Gasteiger partial charge on any atom is 0.300 e. The predicted octanol–water partition coefficient (Wildman–Crippen LogP) is 5.84. The largest absolute Gasteiger partial charge is 0.507 e. The van der Waals surface area contributed by atoms with Crippen LogP contribution in [-0.4, -0.2) is 28.0 Å². The summed E-state index contributed by atoms with van der Waals surface area (Å²) in [6.45, 7) is 9.28. The van der Waals surface area contributed by atoms with Crippen molar-refractivity contribution < 1.29 is 14.7 Å². The van der Waals surface area contributed by atoms with Gasteiger partial charge >= 0.3 is 5.91 Å². The summed E-state index contributed by atoms with van der Waals surface area (Å²) in [6.07, 6.45) is 0. The van der Waals surface area contributed by atoms with Crippen molar-refractivity contribution in [2.24, 2.45) is 4.99 Å². The average Bonchev–Trinajstić information content (AvgIpc) is 3.31. The molecule has 1 amide bonds. The number of ketones is 1. The number of hydrogen-bond acceptors (Lipinski definition) is 5. The fourth-order valence-electron chi connectivity index (χ4n) is 5.48. The lowest BCUT2D eigenvalue weighted by Crippen LogP contribution is -2.54. The third kappa shape index (κ3) is 3.43. The molecule has 2 aliphatic heterocycles. The molecule has 3 aromatic rings. The minimum atomic E-state index is -1.74. The molecule has 188 valence electrons. The van der Waals surface area contributed by atoms with Crippen LogP contribution in [0.5, 0.6) is 0 Å². The summed E-state index contributed by atoms with van der Waals surface area (Å²) in [4.78, 5) is 34.0. The van der Waals surface area contributed by atoms with E-state index in [1.807, 2.05) is 64.1 Å². The van der Waals surface area contributed by atoms with Crippen molar-refractivity contribution >= 4 is 28.8 Å². The number of Topliss-reactive ketones (excluding diaryl/α,β-unsaturated/α-hetero) is 1. The van der Waals surface area contributed by atoms with Crippen LogP contribution in [0.4, 0.5) is 5.69 Å². The third-order valence-electron chi connectivity index (χ3n) is 7.33. The van der Waals surface area contributed by atoms with Gasteiger partial charge in [-0.3, -0.25) is 19.5 Å².